The molecule has 0 fully saturated rings. The van der Waals surface area contributed by atoms with E-state index in [0.717, 1.165) is 4.57 Å². The summed E-state index contributed by atoms with van der Waals surface area (Å²) in [6, 6.07) is 8.97. The van der Waals surface area contributed by atoms with Gasteiger partial charge in [0.05, 0.1) is 22.9 Å². The minimum Gasteiger partial charge on any atom is -0.322 e. The summed E-state index contributed by atoms with van der Waals surface area (Å²) < 4.78 is 15.5. The number of aromatic nitrogens is 2. The second-order valence-corrected chi connectivity index (χ2v) is 6.36. The normalized spacial score (nSPS) is 10.8. The van der Waals surface area contributed by atoms with Crippen LogP contribution in [0, 0.1) is 5.82 Å². The number of halogens is 3. The largest absolute Gasteiger partial charge is 0.322 e. The van der Waals surface area contributed by atoms with E-state index >= 15 is 0 Å². The lowest BCUT2D eigenvalue weighted by molar-refractivity contribution is -0.116. The highest BCUT2D eigenvalue weighted by molar-refractivity contribution is 9.10. The van der Waals surface area contributed by atoms with Crippen molar-refractivity contribution in [2.75, 3.05) is 5.32 Å². The summed E-state index contributed by atoms with van der Waals surface area (Å²) in [4.78, 5) is 28.5. The van der Waals surface area contributed by atoms with Crippen LogP contribution in [0.25, 0.3) is 10.9 Å². The third-order valence-electron chi connectivity index (χ3n) is 3.31. The van der Waals surface area contributed by atoms with Crippen molar-refractivity contribution in [2.24, 2.45) is 0 Å². The molecule has 0 spiro atoms. The Labute approximate surface area is 149 Å². The molecule has 1 amide bonds. The van der Waals surface area contributed by atoms with Crippen molar-refractivity contribution in [3.63, 3.8) is 0 Å². The van der Waals surface area contributed by atoms with Crippen molar-refractivity contribution in [3.8, 4) is 0 Å². The van der Waals surface area contributed by atoms with Crippen molar-refractivity contribution in [2.45, 2.75) is 6.54 Å². The van der Waals surface area contributed by atoms with Gasteiger partial charge in [-0.3, -0.25) is 14.2 Å². The average Bonchev–Trinajstić information content (AvgIpc) is 2.53. The molecule has 0 atom stereocenters. The van der Waals surface area contributed by atoms with E-state index in [2.05, 4.69) is 26.2 Å². The smallest absolute Gasteiger partial charge is 0.261 e. The summed E-state index contributed by atoms with van der Waals surface area (Å²) in [5.74, 6) is -1.11. The highest BCUT2D eigenvalue weighted by Crippen LogP contribution is 2.19. The Hall–Kier alpha value is -2.25. The molecular formula is C16H10BrClFN3O2. The van der Waals surface area contributed by atoms with E-state index < -0.39 is 11.7 Å². The van der Waals surface area contributed by atoms with Crippen LogP contribution in [0.2, 0.25) is 5.02 Å². The van der Waals surface area contributed by atoms with Gasteiger partial charge in [-0.2, -0.15) is 0 Å². The van der Waals surface area contributed by atoms with Crippen LogP contribution in [0.3, 0.4) is 0 Å². The molecule has 0 saturated heterocycles. The van der Waals surface area contributed by atoms with Gasteiger partial charge in [-0.15, -0.1) is 0 Å². The zero-order chi connectivity index (χ0) is 17.3. The van der Waals surface area contributed by atoms with E-state index in [9.17, 15) is 14.0 Å². The number of nitrogens with one attached hydrogen (secondary N) is 1. The first-order valence-electron chi connectivity index (χ1n) is 6.83. The fraction of sp³-hybridized carbons (Fsp3) is 0.0625. The highest BCUT2D eigenvalue weighted by Gasteiger charge is 2.11. The zero-order valence-corrected chi connectivity index (χ0v) is 14.4. The number of carbonyl (C=O) groups is 1. The Kier molecular flexibility index (Phi) is 4.64. The highest BCUT2D eigenvalue weighted by atomic mass is 79.9. The molecule has 122 valence electrons. The van der Waals surface area contributed by atoms with Crippen LogP contribution < -0.4 is 10.9 Å². The minimum absolute atomic E-state index is 0.0387. The average molecular weight is 411 g/mol. The quantitative estimate of drug-likeness (QED) is 0.718. The van der Waals surface area contributed by atoms with Gasteiger partial charge >= 0.3 is 0 Å². The lowest BCUT2D eigenvalue weighted by Gasteiger charge is -2.09. The molecule has 0 aliphatic carbocycles. The molecule has 0 aliphatic rings. The monoisotopic (exact) mass is 409 g/mol. The summed E-state index contributed by atoms with van der Waals surface area (Å²) in [6.45, 7) is -0.278. The molecule has 1 aromatic heterocycles. The molecule has 0 bridgehead atoms. The fourth-order valence-corrected chi connectivity index (χ4v) is 2.68. The molecule has 24 heavy (non-hydrogen) atoms. The van der Waals surface area contributed by atoms with Crippen LogP contribution in [-0.2, 0) is 11.3 Å². The maximum absolute atomic E-state index is 13.7. The topological polar surface area (TPSA) is 64.0 Å². The zero-order valence-electron chi connectivity index (χ0n) is 12.1. The SMILES string of the molecule is O=C(Cn1cnc2cc(Cl)ccc2c1=O)Nc1ccc(Br)cc1F. The Morgan fingerprint density at radius 3 is 2.83 bits per heavy atom. The van der Waals surface area contributed by atoms with Gasteiger partial charge in [-0.05, 0) is 36.4 Å². The van der Waals surface area contributed by atoms with E-state index in [0.29, 0.717) is 20.4 Å². The number of anilines is 1. The first-order chi connectivity index (χ1) is 11.4. The second kappa shape index (κ2) is 6.70. The standard InChI is InChI=1S/C16H10BrClFN3O2/c17-9-1-4-13(12(19)5-9)21-15(23)7-22-8-20-14-6-10(18)2-3-11(14)16(22)24/h1-6,8H,7H2,(H,21,23). The number of hydrogen-bond acceptors (Lipinski definition) is 3. The van der Waals surface area contributed by atoms with Crippen LogP contribution in [-0.4, -0.2) is 15.5 Å². The van der Waals surface area contributed by atoms with E-state index in [1.54, 1.807) is 24.3 Å². The van der Waals surface area contributed by atoms with Crippen LogP contribution >= 0.6 is 27.5 Å². The van der Waals surface area contributed by atoms with Gasteiger partial charge < -0.3 is 5.32 Å². The lowest BCUT2D eigenvalue weighted by atomic mass is 10.2. The molecule has 0 radical (unpaired) electrons. The van der Waals surface area contributed by atoms with Gasteiger partial charge in [0, 0.05) is 9.50 Å². The summed E-state index contributed by atoms with van der Waals surface area (Å²) in [6.07, 6.45) is 1.26. The lowest BCUT2D eigenvalue weighted by Crippen LogP contribution is -2.28. The second-order valence-electron chi connectivity index (χ2n) is 5.01. The molecule has 2 aromatic carbocycles. The number of carbonyl (C=O) groups excluding carboxylic acids is 1. The first-order valence-corrected chi connectivity index (χ1v) is 8.01. The van der Waals surface area contributed by atoms with E-state index in [-0.39, 0.29) is 17.8 Å². The Bertz CT molecular complexity index is 1010. The van der Waals surface area contributed by atoms with Gasteiger partial charge in [-0.25, -0.2) is 9.37 Å². The minimum atomic E-state index is -0.573. The summed E-state index contributed by atoms with van der Waals surface area (Å²) in [5, 5.41) is 3.25. The number of hydrogen-bond donors (Lipinski definition) is 1. The van der Waals surface area contributed by atoms with E-state index in [1.165, 1.54) is 18.5 Å². The summed E-state index contributed by atoms with van der Waals surface area (Å²) in [5.41, 5.74) is 0.114. The van der Waals surface area contributed by atoms with Crippen molar-refractivity contribution in [3.05, 3.63) is 68.4 Å². The summed E-state index contributed by atoms with van der Waals surface area (Å²) in [7, 11) is 0. The van der Waals surface area contributed by atoms with Crippen molar-refractivity contribution in [1.29, 1.82) is 0 Å². The fourth-order valence-electron chi connectivity index (χ4n) is 2.18. The molecule has 1 N–H and O–H groups in total. The molecule has 8 heteroatoms. The molecular weight excluding hydrogens is 401 g/mol. The summed E-state index contributed by atoms with van der Waals surface area (Å²) >= 11 is 9.00. The molecule has 5 nitrogen and oxygen atoms in total. The van der Waals surface area contributed by atoms with Gasteiger partial charge in [0.1, 0.15) is 12.4 Å². The van der Waals surface area contributed by atoms with Crippen molar-refractivity contribution < 1.29 is 9.18 Å². The number of nitrogens with zero attached hydrogens (tertiary/aromatic N) is 2. The Morgan fingerprint density at radius 1 is 1.29 bits per heavy atom. The predicted molar refractivity (Wildman–Crippen MR) is 93.7 cm³/mol. The number of amides is 1. The number of fused-ring (bicyclic) bond motifs is 1. The van der Waals surface area contributed by atoms with Gasteiger partial charge in [0.15, 0.2) is 0 Å². The molecule has 0 aliphatic heterocycles. The third-order valence-corrected chi connectivity index (χ3v) is 4.03. The van der Waals surface area contributed by atoms with Crippen LogP contribution in [0.1, 0.15) is 0 Å². The van der Waals surface area contributed by atoms with Crippen LogP contribution in [0.5, 0.6) is 0 Å². The van der Waals surface area contributed by atoms with E-state index in [1.807, 2.05) is 0 Å². The van der Waals surface area contributed by atoms with Gasteiger partial charge in [0.25, 0.3) is 5.56 Å². The first kappa shape index (κ1) is 16.6. The number of benzene rings is 2. The van der Waals surface area contributed by atoms with Crippen LogP contribution in [0.4, 0.5) is 10.1 Å². The van der Waals surface area contributed by atoms with Crippen LogP contribution in [0.15, 0.2) is 52.0 Å². The third kappa shape index (κ3) is 3.47. The molecule has 0 unspecified atom stereocenters. The Morgan fingerprint density at radius 2 is 2.08 bits per heavy atom. The Balaban J connectivity index is 1.84. The maximum atomic E-state index is 13.7. The molecule has 3 rings (SSSR count). The predicted octanol–water partition coefficient (Wildman–Crippen LogP) is 3.59. The van der Waals surface area contributed by atoms with Crippen molar-refractivity contribution in [1.82, 2.24) is 9.55 Å². The van der Waals surface area contributed by atoms with Gasteiger partial charge in [-0.1, -0.05) is 27.5 Å². The van der Waals surface area contributed by atoms with Crippen molar-refractivity contribution >= 4 is 50.0 Å². The molecule has 0 saturated carbocycles. The molecule has 3 aromatic rings. The number of rotatable bonds is 3. The molecule has 1 heterocycles. The van der Waals surface area contributed by atoms with E-state index in [4.69, 9.17) is 11.6 Å². The van der Waals surface area contributed by atoms with Gasteiger partial charge in [0.2, 0.25) is 5.91 Å². The maximum Gasteiger partial charge on any atom is 0.261 e.